The zero-order valence-electron chi connectivity index (χ0n) is 15.0. The summed E-state index contributed by atoms with van der Waals surface area (Å²) >= 11 is 0. The van der Waals surface area contributed by atoms with Crippen molar-refractivity contribution in [1.82, 2.24) is 15.1 Å². The molecule has 2 heterocycles. The zero-order valence-corrected chi connectivity index (χ0v) is 15.0. The first-order valence-electron chi connectivity index (χ1n) is 9.20. The third-order valence-corrected chi connectivity index (χ3v) is 5.13. The van der Waals surface area contributed by atoms with Gasteiger partial charge in [-0.1, -0.05) is 12.1 Å². The minimum Gasteiger partial charge on any atom is -0.352 e. The Hall–Kier alpha value is -3.03. The molecule has 1 saturated carbocycles. The molecule has 0 atom stereocenters. The molecular formula is C19H21N5O3. The predicted octanol–water partition coefficient (Wildman–Crippen LogP) is 2.15. The molecule has 8 heteroatoms. The summed E-state index contributed by atoms with van der Waals surface area (Å²) in [4.78, 5) is 26.8. The number of rotatable bonds is 5. The number of benzene rings is 1. The van der Waals surface area contributed by atoms with E-state index in [9.17, 15) is 14.9 Å². The van der Waals surface area contributed by atoms with E-state index < -0.39 is 4.92 Å². The molecule has 0 spiro atoms. The van der Waals surface area contributed by atoms with Gasteiger partial charge in [0, 0.05) is 44.2 Å². The van der Waals surface area contributed by atoms with Crippen molar-refractivity contribution in [3.63, 3.8) is 0 Å². The molecule has 1 aliphatic heterocycles. The molecule has 4 rings (SSSR count). The topological polar surface area (TPSA) is 92.5 Å². The first kappa shape index (κ1) is 17.4. The highest BCUT2D eigenvalue weighted by Crippen LogP contribution is 2.38. The maximum absolute atomic E-state index is 12.5. The summed E-state index contributed by atoms with van der Waals surface area (Å²) in [6.07, 6.45) is 2.68. The standard InChI is InChI=1S/C19H21N5O3/c25-19(13-14-1-5-16(6-2-14)24(26)27)23-11-9-22(10-12-23)18-8-7-17(20-21-18)15-3-4-15/h1-2,5-8,15H,3-4,9-13H2. The number of nitro groups is 1. The van der Waals surface area contributed by atoms with Crippen LogP contribution in [0.2, 0.25) is 0 Å². The van der Waals surface area contributed by atoms with Crippen LogP contribution in [0.1, 0.15) is 30.0 Å². The summed E-state index contributed by atoms with van der Waals surface area (Å²) in [7, 11) is 0. The van der Waals surface area contributed by atoms with E-state index in [0.29, 0.717) is 19.0 Å². The van der Waals surface area contributed by atoms with Gasteiger partial charge >= 0.3 is 0 Å². The Morgan fingerprint density at radius 1 is 1.04 bits per heavy atom. The van der Waals surface area contributed by atoms with Crippen LogP contribution in [0.5, 0.6) is 0 Å². The Balaban J connectivity index is 1.30. The van der Waals surface area contributed by atoms with E-state index in [4.69, 9.17) is 0 Å². The number of non-ortho nitro benzene ring substituents is 1. The molecule has 2 aliphatic rings. The number of amides is 1. The molecular weight excluding hydrogens is 346 g/mol. The fraction of sp³-hybridized carbons (Fsp3) is 0.421. The van der Waals surface area contributed by atoms with Gasteiger partial charge in [-0.2, -0.15) is 5.10 Å². The van der Waals surface area contributed by atoms with Gasteiger partial charge in [-0.25, -0.2) is 0 Å². The lowest BCUT2D eigenvalue weighted by molar-refractivity contribution is -0.384. The van der Waals surface area contributed by atoms with Crippen LogP contribution in [-0.2, 0) is 11.2 Å². The summed E-state index contributed by atoms with van der Waals surface area (Å²) in [5.41, 5.74) is 1.90. The molecule has 0 N–H and O–H groups in total. The van der Waals surface area contributed by atoms with Crippen molar-refractivity contribution < 1.29 is 9.72 Å². The minimum absolute atomic E-state index is 0.0358. The van der Waals surface area contributed by atoms with Crippen molar-refractivity contribution >= 4 is 17.4 Å². The Kier molecular flexibility index (Phi) is 4.70. The second-order valence-corrected chi connectivity index (χ2v) is 7.06. The summed E-state index contributed by atoms with van der Waals surface area (Å²) in [5, 5.41) is 19.4. The van der Waals surface area contributed by atoms with Crippen LogP contribution in [-0.4, -0.2) is 52.1 Å². The molecule has 0 radical (unpaired) electrons. The van der Waals surface area contributed by atoms with Crippen LogP contribution in [0.4, 0.5) is 11.5 Å². The predicted molar refractivity (Wildman–Crippen MR) is 99.6 cm³/mol. The molecule has 27 heavy (non-hydrogen) atoms. The molecule has 1 amide bonds. The number of hydrogen-bond donors (Lipinski definition) is 0. The van der Waals surface area contributed by atoms with E-state index in [-0.39, 0.29) is 18.0 Å². The van der Waals surface area contributed by atoms with Gasteiger partial charge in [-0.05, 0) is 30.5 Å². The molecule has 1 aromatic carbocycles. The average Bonchev–Trinajstić information content (AvgIpc) is 3.54. The van der Waals surface area contributed by atoms with Crippen LogP contribution >= 0.6 is 0 Å². The van der Waals surface area contributed by atoms with Crippen molar-refractivity contribution in [3.05, 3.63) is 57.8 Å². The molecule has 140 valence electrons. The van der Waals surface area contributed by atoms with Gasteiger partial charge in [0.2, 0.25) is 5.91 Å². The van der Waals surface area contributed by atoms with Gasteiger partial charge in [0.15, 0.2) is 5.82 Å². The lowest BCUT2D eigenvalue weighted by Gasteiger charge is -2.35. The molecule has 0 unspecified atom stereocenters. The van der Waals surface area contributed by atoms with Crippen LogP contribution in [0.3, 0.4) is 0 Å². The fourth-order valence-corrected chi connectivity index (χ4v) is 3.31. The number of hydrogen-bond acceptors (Lipinski definition) is 6. The van der Waals surface area contributed by atoms with Crippen LogP contribution in [0, 0.1) is 10.1 Å². The Morgan fingerprint density at radius 2 is 1.74 bits per heavy atom. The highest BCUT2D eigenvalue weighted by Gasteiger charge is 2.26. The highest BCUT2D eigenvalue weighted by molar-refractivity contribution is 5.79. The normalized spacial score (nSPS) is 17.0. The number of carbonyl (C=O) groups excluding carboxylic acids is 1. The summed E-state index contributed by atoms with van der Waals surface area (Å²) in [6, 6.07) is 10.2. The van der Waals surface area contributed by atoms with Crippen molar-refractivity contribution in [2.24, 2.45) is 0 Å². The first-order valence-corrected chi connectivity index (χ1v) is 9.20. The number of nitrogens with zero attached hydrogens (tertiary/aromatic N) is 5. The van der Waals surface area contributed by atoms with Crippen LogP contribution in [0.25, 0.3) is 0 Å². The Labute approximate surface area is 157 Å². The summed E-state index contributed by atoms with van der Waals surface area (Å²) in [5.74, 6) is 1.50. The van der Waals surface area contributed by atoms with E-state index in [0.717, 1.165) is 30.2 Å². The highest BCUT2D eigenvalue weighted by atomic mass is 16.6. The number of piperazine rings is 1. The Morgan fingerprint density at radius 3 is 2.30 bits per heavy atom. The summed E-state index contributed by atoms with van der Waals surface area (Å²) < 4.78 is 0. The first-order chi connectivity index (χ1) is 13.1. The lowest BCUT2D eigenvalue weighted by Crippen LogP contribution is -2.49. The van der Waals surface area contributed by atoms with Crippen molar-refractivity contribution in [2.45, 2.75) is 25.2 Å². The number of nitro benzene ring substituents is 1. The third kappa shape index (κ3) is 4.05. The quantitative estimate of drug-likeness (QED) is 0.594. The SMILES string of the molecule is O=C(Cc1ccc([N+](=O)[O-])cc1)N1CCN(c2ccc(C3CC3)nn2)CC1. The van der Waals surface area contributed by atoms with Gasteiger partial charge in [0.05, 0.1) is 17.0 Å². The fourth-order valence-electron chi connectivity index (χ4n) is 3.31. The number of carbonyl (C=O) groups is 1. The van der Waals surface area contributed by atoms with Crippen molar-refractivity contribution in [3.8, 4) is 0 Å². The number of anilines is 1. The molecule has 1 saturated heterocycles. The smallest absolute Gasteiger partial charge is 0.269 e. The van der Waals surface area contributed by atoms with E-state index >= 15 is 0 Å². The number of aromatic nitrogens is 2. The largest absolute Gasteiger partial charge is 0.352 e. The van der Waals surface area contributed by atoms with E-state index in [1.165, 1.54) is 25.0 Å². The molecule has 1 aliphatic carbocycles. The maximum Gasteiger partial charge on any atom is 0.269 e. The molecule has 2 fully saturated rings. The van der Waals surface area contributed by atoms with Crippen LogP contribution in [0.15, 0.2) is 36.4 Å². The van der Waals surface area contributed by atoms with Gasteiger partial charge in [0.1, 0.15) is 0 Å². The monoisotopic (exact) mass is 367 g/mol. The molecule has 2 aromatic rings. The van der Waals surface area contributed by atoms with E-state index in [1.807, 2.05) is 11.0 Å². The lowest BCUT2D eigenvalue weighted by atomic mass is 10.1. The molecule has 8 nitrogen and oxygen atoms in total. The second-order valence-electron chi connectivity index (χ2n) is 7.06. The average molecular weight is 367 g/mol. The molecule has 0 bridgehead atoms. The summed E-state index contributed by atoms with van der Waals surface area (Å²) in [6.45, 7) is 2.72. The minimum atomic E-state index is -0.440. The van der Waals surface area contributed by atoms with Crippen molar-refractivity contribution in [1.29, 1.82) is 0 Å². The van der Waals surface area contributed by atoms with Gasteiger partial charge in [-0.3, -0.25) is 14.9 Å². The second kappa shape index (κ2) is 7.30. The van der Waals surface area contributed by atoms with E-state index in [2.05, 4.69) is 21.2 Å². The van der Waals surface area contributed by atoms with Crippen molar-refractivity contribution in [2.75, 3.05) is 31.1 Å². The van der Waals surface area contributed by atoms with E-state index in [1.54, 1.807) is 12.1 Å². The van der Waals surface area contributed by atoms with Gasteiger partial charge < -0.3 is 9.80 Å². The maximum atomic E-state index is 12.5. The third-order valence-electron chi connectivity index (χ3n) is 5.13. The van der Waals surface area contributed by atoms with Crippen LogP contribution < -0.4 is 4.90 Å². The molecule has 1 aromatic heterocycles. The van der Waals surface area contributed by atoms with Gasteiger partial charge in [0.25, 0.3) is 5.69 Å². The Bertz CT molecular complexity index is 825. The van der Waals surface area contributed by atoms with Gasteiger partial charge in [-0.15, -0.1) is 5.10 Å². The zero-order chi connectivity index (χ0) is 18.8.